The van der Waals surface area contributed by atoms with Crippen molar-refractivity contribution in [3.8, 4) is 12.3 Å². The van der Waals surface area contributed by atoms with E-state index in [2.05, 4.69) is 16.0 Å². The van der Waals surface area contributed by atoms with Crippen molar-refractivity contribution in [2.45, 2.75) is 57.8 Å². The highest BCUT2D eigenvalue weighted by molar-refractivity contribution is 7.48. The summed E-state index contributed by atoms with van der Waals surface area (Å²) in [5, 5.41) is 2.23. The molecule has 0 unspecified atom stereocenters. The number of phosphoric acid groups is 1. The maximum absolute atomic E-state index is 13.2. The SMILES string of the molecule is C#C[C@]1(C)[C@@H]2O[P@@](=O)(OC[C@H](NC(=O)OC)C(=O)OC(C)C)OC[C@H]2O[C@H]1N1C=CC(=O)CC1=O. The summed E-state index contributed by atoms with van der Waals surface area (Å²) in [6, 6.07) is -1.37. The van der Waals surface area contributed by atoms with Crippen LogP contribution in [0.3, 0.4) is 0 Å². The van der Waals surface area contributed by atoms with Gasteiger partial charge in [0.05, 0.1) is 32.8 Å². The molecule has 3 heterocycles. The van der Waals surface area contributed by atoms with Crippen LogP contribution in [-0.2, 0) is 46.7 Å². The molecule has 0 spiro atoms. The maximum atomic E-state index is 13.2. The van der Waals surface area contributed by atoms with Crippen molar-refractivity contribution in [3.63, 3.8) is 0 Å². The van der Waals surface area contributed by atoms with E-state index in [-0.39, 0.29) is 18.8 Å². The normalized spacial score (nSPS) is 33.1. The fourth-order valence-electron chi connectivity index (χ4n) is 3.72. The molecular formula is C21H27N2O11P. The fraction of sp³-hybridized carbons (Fsp3) is 0.619. The molecular weight excluding hydrogens is 487 g/mol. The van der Waals surface area contributed by atoms with Gasteiger partial charge < -0.3 is 19.5 Å². The van der Waals surface area contributed by atoms with Gasteiger partial charge in [-0.05, 0) is 26.8 Å². The Morgan fingerprint density at radius 3 is 2.71 bits per heavy atom. The number of ether oxygens (including phenoxy) is 3. The van der Waals surface area contributed by atoms with Crippen LogP contribution in [0.5, 0.6) is 0 Å². The second-order valence-corrected chi connectivity index (χ2v) is 10.1. The highest BCUT2D eigenvalue weighted by atomic mass is 31.2. The molecule has 6 atom stereocenters. The number of amides is 2. The first-order valence-corrected chi connectivity index (χ1v) is 12.2. The van der Waals surface area contributed by atoms with Crippen LogP contribution < -0.4 is 5.32 Å². The lowest BCUT2D eigenvalue weighted by Gasteiger charge is -2.37. The molecule has 1 N–H and O–H groups in total. The van der Waals surface area contributed by atoms with E-state index < -0.39 is 68.4 Å². The van der Waals surface area contributed by atoms with Crippen LogP contribution >= 0.6 is 7.82 Å². The maximum Gasteiger partial charge on any atom is 0.475 e. The summed E-state index contributed by atoms with van der Waals surface area (Å²) in [4.78, 5) is 49.1. The number of hydrogen-bond acceptors (Lipinski definition) is 11. The zero-order valence-electron chi connectivity index (χ0n) is 19.6. The Morgan fingerprint density at radius 2 is 2.11 bits per heavy atom. The summed E-state index contributed by atoms with van der Waals surface area (Å²) >= 11 is 0. The van der Waals surface area contributed by atoms with Crippen molar-refractivity contribution in [2.75, 3.05) is 20.3 Å². The highest BCUT2D eigenvalue weighted by Gasteiger charge is 2.61. The van der Waals surface area contributed by atoms with Crippen LogP contribution in [0, 0.1) is 17.8 Å². The third kappa shape index (κ3) is 5.74. The second-order valence-electron chi connectivity index (χ2n) is 8.45. The predicted octanol–water partition coefficient (Wildman–Crippen LogP) is 0.882. The van der Waals surface area contributed by atoms with Gasteiger partial charge in [0.15, 0.2) is 18.1 Å². The smallest absolute Gasteiger partial charge is 0.461 e. The minimum atomic E-state index is -4.30. The zero-order chi connectivity index (χ0) is 26.0. The van der Waals surface area contributed by atoms with Gasteiger partial charge in [-0.2, -0.15) is 0 Å². The van der Waals surface area contributed by atoms with Gasteiger partial charge in [0.25, 0.3) is 0 Å². The number of terminal acetylenes is 1. The summed E-state index contributed by atoms with van der Waals surface area (Å²) in [7, 11) is -3.20. The van der Waals surface area contributed by atoms with Crippen LogP contribution in [0.15, 0.2) is 12.3 Å². The molecule has 35 heavy (non-hydrogen) atoms. The molecule has 2 saturated heterocycles. The van der Waals surface area contributed by atoms with E-state index in [1.165, 1.54) is 17.2 Å². The summed E-state index contributed by atoms with van der Waals surface area (Å²) in [5.41, 5.74) is -1.30. The van der Waals surface area contributed by atoms with Crippen molar-refractivity contribution in [2.24, 2.45) is 5.41 Å². The zero-order valence-corrected chi connectivity index (χ0v) is 20.5. The number of carbonyl (C=O) groups excluding carboxylic acids is 4. The van der Waals surface area contributed by atoms with Crippen LogP contribution in [0.4, 0.5) is 4.79 Å². The molecule has 0 aliphatic carbocycles. The van der Waals surface area contributed by atoms with Crippen molar-refractivity contribution in [1.82, 2.24) is 10.2 Å². The van der Waals surface area contributed by atoms with Gasteiger partial charge in [-0.1, -0.05) is 5.92 Å². The Labute approximate surface area is 202 Å². The van der Waals surface area contributed by atoms with Gasteiger partial charge in [0.1, 0.15) is 17.6 Å². The van der Waals surface area contributed by atoms with E-state index in [0.717, 1.165) is 7.11 Å². The Hall–Kier alpha value is -2.75. The van der Waals surface area contributed by atoms with E-state index in [0.29, 0.717) is 0 Å². The van der Waals surface area contributed by atoms with Crippen molar-refractivity contribution in [3.05, 3.63) is 12.3 Å². The van der Waals surface area contributed by atoms with E-state index in [1.807, 2.05) is 0 Å². The third-order valence-electron chi connectivity index (χ3n) is 5.50. The summed E-state index contributed by atoms with van der Waals surface area (Å²) in [6.45, 7) is 3.92. The molecule has 13 nitrogen and oxygen atoms in total. The van der Waals surface area contributed by atoms with Gasteiger partial charge in [-0.3, -0.25) is 28.1 Å². The summed E-state index contributed by atoms with van der Waals surface area (Å²) < 4.78 is 45.0. The number of ketones is 1. The largest absolute Gasteiger partial charge is 0.475 e. The van der Waals surface area contributed by atoms with Crippen molar-refractivity contribution in [1.29, 1.82) is 0 Å². The van der Waals surface area contributed by atoms with E-state index in [9.17, 15) is 23.7 Å². The molecule has 0 radical (unpaired) electrons. The van der Waals surface area contributed by atoms with E-state index in [4.69, 9.17) is 29.5 Å². The predicted molar refractivity (Wildman–Crippen MR) is 116 cm³/mol. The van der Waals surface area contributed by atoms with Crippen LogP contribution in [0.2, 0.25) is 0 Å². The number of alkyl carbamates (subject to hydrolysis) is 1. The number of esters is 1. The standard InChI is InChI=1S/C21H27N2O11P/c1-6-21(4)17-15(33-19(21)23-8-7-13(24)9-16(23)25)11-31-35(28,34-17)30-10-14(22-20(27)29-5)18(26)32-12(2)3/h1,7-8,12,14-15,17,19H,9-11H2,2-5H3,(H,22,27)/t14-,15+,17+,19+,21+,35-/m0/s1. The molecule has 3 rings (SSSR count). The molecule has 2 amide bonds. The number of carbonyl (C=O) groups is 4. The molecule has 0 saturated carbocycles. The van der Waals surface area contributed by atoms with Crippen molar-refractivity contribution >= 4 is 31.6 Å². The van der Waals surface area contributed by atoms with E-state index in [1.54, 1.807) is 20.8 Å². The topological polar surface area (TPSA) is 156 Å². The quantitative estimate of drug-likeness (QED) is 0.223. The van der Waals surface area contributed by atoms with Crippen molar-refractivity contribution < 1.29 is 51.5 Å². The number of fused-ring (bicyclic) bond motifs is 1. The Balaban J connectivity index is 1.75. The average molecular weight is 514 g/mol. The van der Waals surface area contributed by atoms with Gasteiger partial charge >= 0.3 is 19.9 Å². The lowest BCUT2D eigenvalue weighted by molar-refractivity contribution is -0.151. The molecule has 3 aliphatic heterocycles. The number of methoxy groups -OCH3 is 1. The Kier molecular flexibility index (Phi) is 8.03. The van der Waals surface area contributed by atoms with Crippen LogP contribution in [0.25, 0.3) is 0 Å². The van der Waals surface area contributed by atoms with Crippen LogP contribution in [0.1, 0.15) is 27.2 Å². The number of rotatable bonds is 7. The Bertz CT molecular complexity index is 1010. The van der Waals surface area contributed by atoms with Crippen LogP contribution in [-0.4, -0.2) is 79.6 Å². The van der Waals surface area contributed by atoms with Gasteiger partial charge in [0, 0.05) is 6.20 Å². The van der Waals surface area contributed by atoms with Gasteiger partial charge in [0.2, 0.25) is 5.91 Å². The molecule has 0 aromatic rings. The minimum Gasteiger partial charge on any atom is -0.461 e. The number of nitrogens with zero attached hydrogens (tertiary/aromatic N) is 1. The molecule has 192 valence electrons. The molecule has 0 aromatic carbocycles. The van der Waals surface area contributed by atoms with Gasteiger partial charge in [-0.25, -0.2) is 14.2 Å². The highest BCUT2D eigenvalue weighted by Crippen LogP contribution is 2.59. The lowest BCUT2D eigenvalue weighted by atomic mass is 9.82. The number of allylic oxidation sites excluding steroid dienone is 1. The molecule has 0 aromatic heterocycles. The lowest BCUT2D eigenvalue weighted by Crippen LogP contribution is -2.49. The molecule has 0 bridgehead atoms. The Morgan fingerprint density at radius 1 is 1.40 bits per heavy atom. The molecule has 14 heteroatoms. The monoisotopic (exact) mass is 514 g/mol. The molecule has 2 fully saturated rings. The first-order valence-electron chi connectivity index (χ1n) is 10.7. The number of hydrogen-bond donors (Lipinski definition) is 1. The van der Waals surface area contributed by atoms with E-state index >= 15 is 0 Å². The number of phosphoric ester groups is 1. The molecule has 3 aliphatic rings. The number of nitrogens with one attached hydrogen (secondary N) is 1. The summed E-state index contributed by atoms with van der Waals surface area (Å²) in [5.74, 6) is 0.835. The average Bonchev–Trinajstić information content (AvgIpc) is 3.08. The minimum absolute atomic E-state index is 0.258. The first-order chi connectivity index (χ1) is 16.4. The summed E-state index contributed by atoms with van der Waals surface area (Å²) in [6.07, 6.45) is 3.68. The third-order valence-corrected chi connectivity index (χ3v) is 6.91. The second kappa shape index (κ2) is 10.5. The van der Waals surface area contributed by atoms with Gasteiger partial charge in [-0.15, -0.1) is 6.42 Å². The fourth-order valence-corrected chi connectivity index (χ4v) is 5.21. The first kappa shape index (κ1) is 26.8.